The number of hydrogen-bond donors (Lipinski definition) is 0. The summed E-state index contributed by atoms with van der Waals surface area (Å²) in [6.07, 6.45) is 4.97. The van der Waals surface area contributed by atoms with Gasteiger partial charge in [-0.15, -0.1) is 10.2 Å². The van der Waals surface area contributed by atoms with E-state index in [4.69, 9.17) is 14.2 Å². The van der Waals surface area contributed by atoms with Crippen LogP contribution in [0.25, 0.3) is 0 Å². The van der Waals surface area contributed by atoms with E-state index in [-0.39, 0.29) is 17.9 Å². The van der Waals surface area contributed by atoms with Crippen LogP contribution in [0.4, 0.5) is 10.6 Å². The third kappa shape index (κ3) is 6.91. The molecule has 0 aliphatic heterocycles. The summed E-state index contributed by atoms with van der Waals surface area (Å²) in [5.41, 5.74) is 2.42. The standard InChI is InChI=1S/C27H27N7O5S/c1-16-6-7-22(29-11-16)21-9-20(21)14-37-24-10-23(30-17(2)31-24)34(13-25-33-32-18(3)40-25)27(36)39-15-38-26(35)19-5-4-8-28-12-19/h4-8,10-12,20-21H,9,13-15H2,1-3H3/t20-,21+/m1/s1. The number of amides is 1. The SMILES string of the molecule is Cc1ccc([C@H]2C[C@@H]2COc2cc(N(Cc3nnc(C)s3)C(=O)OCOC(=O)c3cccnc3)nc(C)n2)nc1. The molecule has 4 aromatic heterocycles. The Morgan fingerprint density at radius 3 is 2.67 bits per heavy atom. The summed E-state index contributed by atoms with van der Waals surface area (Å²) in [6.45, 7) is 5.45. The molecule has 1 aliphatic rings. The number of rotatable bonds is 10. The maximum atomic E-state index is 13.1. The number of ether oxygens (including phenoxy) is 3. The summed E-state index contributed by atoms with van der Waals surface area (Å²) in [7, 11) is 0. The van der Waals surface area contributed by atoms with Crippen LogP contribution in [0, 0.1) is 26.7 Å². The zero-order chi connectivity index (χ0) is 28.1. The second-order valence-corrected chi connectivity index (χ2v) is 10.6. The smallest absolute Gasteiger partial charge is 0.418 e. The molecule has 5 rings (SSSR count). The highest BCUT2D eigenvalue weighted by molar-refractivity contribution is 7.11. The number of anilines is 1. The molecule has 0 unspecified atom stereocenters. The number of aromatic nitrogens is 6. The zero-order valence-corrected chi connectivity index (χ0v) is 23.0. The van der Waals surface area contributed by atoms with E-state index in [9.17, 15) is 9.59 Å². The minimum atomic E-state index is -0.788. The minimum Gasteiger partial charge on any atom is -0.477 e. The lowest BCUT2D eigenvalue weighted by molar-refractivity contribution is -0.000737. The average molecular weight is 562 g/mol. The van der Waals surface area contributed by atoms with Gasteiger partial charge in [0.1, 0.15) is 21.7 Å². The average Bonchev–Trinajstić information content (AvgIpc) is 3.61. The molecule has 4 heterocycles. The predicted molar refractivity (Wildman–Crippen MR) is 144 cm³/mol. The molecule has 1 amide bonds. The summed E-state index contributed by atoms with van der Waals surface area (Å²) in [6, 6.07) is 8.85. The molecule has 0 spiro atoms. The van der Waals surface area contributed by atoms with Crippen molar-refractivity contribution in [3.63, 3.8) is 0 Å². The zero-order valence-electron chi connectivity index (χ0n) is 22.2. The summed E-state index contributed by atoms with van der Waals surface area (Å²) in [4.78, 5) is 43.8. The van der Waals surface area contributed by atoms with Crippen molar-refractivity contribution in [1.29, 1.82) is 0 Å². The molecule has 0 aromatic carbocycles. The van der Waals surface area contributed by atoms with Gasteiger partial charge in [-0.05, 0) is 51.0 Å². The molecule has 0 N–H and O–H groups in total. The Hall–Kier alpha value is -4.52. The van der Waals surface area contributed by atoms with Crippen molar-refractivity contribution < 1.29 is 23.8 Å². The van der Waals surface area contributed by atoms with Crippen molar-refractivity contribution in [2.75, 3.05) is 18.3 Å². The Balaban J connectivity index is 1.25. The molecule has 0 bridgehead atoms. The number of carbonyl (C=O) groups is 2. The van der Waals surface area contributed by atoms with E-state index in [2.05, 4.69) is 42.3 Å². The third-order valence-electron chi connectivity index (χ3n) is 6.11. The van der Waals surface area contributed by atoms with Gasteiger partial charge in [0.15, 0.2) is 0 Å². The first-order valence-corrected chi connectivity index (χ1v) is 13.4. The van der Waals surface area contributed by atoms with Gasteiger partial charge in [0.05, 0.1) is 18.7 Å². The van der Waals surface area contributed by atoms with Crippen LogP contribution in [0.3, 0.4) is 0 Å². The van der Waals surface area contributed by atoms with Gasteiger partial charge < -0.3 is 14.2 Å². The van der Waals surface area contributed by atoms with Crippen molar-refractivity contribution in [2.45, 2.75) is 39.7 Å². The first-order chi connectivity index (χ1) is 19.4. The highest BCUT2D eigenvalue weighted by Crippen LogP contribution is 2.46. The van der Waals surface area contributed by atoms with Crippen LogP contribution in [0.1, 0.15) is 49.8 Å². The van der Waals surface area contributed by atoms with Crippen molar-refractivity contribution in [2.24, 2.45) is 5.92 Å². The number of nitrogens with zero attached hydrogens (tertiary/aromatic N) is 7. The number of pyridine rings is 2. The van der Waals surface area contributed by atoms with Crippen LogP contribution in [-0.2, 0) is 16.0 Å². The fourth-order valence-corrected chi connectivity index (χ4v) is 4.67. The molecule has 0 saturated heterocycles. The van der Waals surface area contributed by atoms with Gasteiger partial charge >= 0.3 is 12.1 Å². The molecule has 1 fully saturated rings. The third-order valence-corrected chi connectivity index (χ3v) is 6.93. The number of aryl methyl sites for hydroxylation is 3. The van der Waals surface area contributed by atoms with Gasteiger partial charge in [0.2, 0.25) is 12.7 Å². The van der Waals surface area contributed by atoms with Crippen LogP contribution in [-0.4, -0.2) is 55.6 Å². The van der Waals surface area contributed by atoms with Crippen LogP contribution >= 0.6 is 11.3 Å². The van der Waals surface area contributed by atoms with Gasteiger partial charge in [0, 0.05) is 42.2 Å². The lowest BCUT2D eigenvalue weighted by atomic mass is 10.2. The molecule has 4 aromatic rings. The Morgan fingerprint density at radius 1 is 1.07 bits per heavy atom. The van der Waals surface area contributed by atoms with E-state index in [1.807, 2.05) is 20.0 Å². The van der Waals surface area contributed by atoms with Crippen LogP contribution < -0.4 is 9.64 Å². The molecule has 12 nitrogen and oxygen atoms in total. The molecule has 1 aliphatic carbocycles. The molecule has 0 radical (unpaired) electrons. The molecule has 13 heteroatoms. The number of hydrogen-bond acceptors (Lipinski definition) is 12. The van der Waals surface area contributed by atoms with Crippen molar-refractivity contribution >= 4 is 29.2 Å². The van der Waals surface area contributed by atoms with Gasteiger partial charge in [-0.1, -0.05) is 17.4 Å². The predicted octanol–water partition coefficient (Wildman–Crippen LogP) is 4.18. The van der Waals surface area contributed by atoms with Crippen LogP contribution in [0.2, 0.25) is 0 Å². The monoisotopic (exact) mass is 561 g/mol. The Kier molecular flexibility index (Phi) is 8.20. The molecule has 40 heavy (non-hydrogen) atoms. The molecular weight excluding hydrogens is 534 g/mol. The van der Waals surface area contributed by atoms with Crippen molar-refractivity contribution in [3.8, 4) is 5.88 Å². The Morgan fingerprint density at radius 2 is 1.95 bits per heavy atom. The highest BCUT2D eigenvalue weighted by Gasteiger charge is 2.40. The first-order valence-electron chi connectivity index (χ1n) is 12.6. The van der Waals surface area contributed by atoms with Gasteiger partial charge in [0.25, 0.3) is 0 Å². The first kappa shape index (κ1) is 27.1. The number of esters is 1. The van der Waals surface area contributed by atoms with E-state index >= 15 is 0 Å². The second kappa shape index (κ2) is 12.1. The van der Waals surface area contributed by atoms with E-state index in [0.717, 1.165) is 22.7 Å². The molecule has 206 valence electrons. The van der Waals surface area contributed by atoms with E-state index in [0.29, 0.717) is 35.2 Å². The minimum absolute atomic E-state index is 0.0422. The van der Waals surface area contributed by atoms with Crippen molar-refractivity contribution in [3.05, 3.63) is 81.6 Å². The van der Waals surface area contributed by atoms with E-state index in [1.165, 1.54) is 28.6 Å². The van der Waals surface area contributed by atoms with Crippen LogP contribution in [0.5, 0.6) is 5.88 Å². The normalized spacial score (nSPS) is 15.8. The summed E-state index contributed by atoms with van der Waals surface area (Å²) in [5.74, 6) is 1.01. The van der Waals surface area contributed by atoms with Crippen LogP contribution in [0.15, 0.2) is 48.9 Å². The largest absolute Gasteiger partial charge is 0.477 e. The Bertz CT molecular complexity index is 1480. The topological polar surface area (TPSA) is 142 Å². The van der Waals surface area contributed by atoms with Gasteiger partial charge in [-0.3, -0.25) is 14.9 Å². The van der Waals surface area contributed by atoms with E-state index < -0.39 is 18.9 Å². The molecule has 1 saturated carbocycles. The fourth-order valence-electron chi connectivity index (χ4n) is 3.98. The van der Waals surface area contributed by atoms with Gasteiger partial charge in [-0.25, -0.2) is 14.6 Å². The fraction of sp³-hybridized carbons (Fsp3) is 0.333. The Labute approximate surface area is 234 Å². The molecule has 2 atom stereocenters. The van der Waals surface area contributed by atoms with Crippen molar-refractivity contribution in [1.82, 2.24) is 30.1 Å². The second-order valence-electron chi connectivity index (χ2n) is 9.29. The maximum Gasteiger partial charge on any atom is 0.418 e. The summed E-state index contributed by atoms with van der Waals surface area (Å²) < 4.78 is 16.4. The van der Waals surface area contributed by atoms with E-state index in [1.54, 1.807) is 25.1 Å². The van der Waals surface area contributed by atoms with Gasteiger partial charge in [-0.2, -0.15) is 4.98 Å². The lowest BCUT2D eigenvalue weighted by Crippen LogP contribution is -2.33. The summed E-state index contributed by atoms with van der Waals surface area (Å²) >= 11 is 1.34. The number of carbonyl (C=O) groups excluding carboxylic acids is 2. The maximum absolute atomic E-state index is 13.1. The molecular formula is C27H27N7O5S. The lowest BCUT2D eigenvalue weighted by Gasteiger charge is -2.20. The quantitative estimate of drug-likeness (QED) is 0.203. The highest BCUT2D eigenvalue weighted by atomic mass is 32.1. The summed E-state index contributed by atoms with van der Waals surface area (Å²) in [5, 5.41) is 9.46.